The van der Waals surface area contributed by atoms with Crippen LogP contribution in [0, 0.1) is 13.8 Å². The molecular weight excluding hydrogens is 481 g/mol. The molecule has 3 aromatic heterocycles. The molecule has 1 aliphatic heterocycles. The first kappa shape index (κ1) is 25.0. The maximum atomic E-state index is 13.5. The van der Waals surface area contributed by atoms with Crippen molar-refractivity contribution in [3.05, 3.63) is 34.9 Å². The van der Waals surface area contributed by atoms with Gasteiger partial charge in [-0.1, -0.05) is 18.3 Å². The van der Waals surface area contributed by atoms with E-state index in [1.807, 2.05) is 18.7 Å². The van der Waals surface area contributed by atoms with Crippen LogP contribution in [0.1, 0.15) is 42.7 Å². The molecule has 1 fully saturated rings. The second kappa shape index (κ2) is 9.88. The average Bonchev–Trinajstić information content (AvgIpc) is 3.37. The minimum Gasteiger partial charge on any atom is -0.358 e. The van der Waals surface area contributed by atoms with E-state index in [0.717, 1.165) is 6.42 Å². The number of carbonyl (C=O) groups is 1. The van der Waals surface area contributed by atoms with E-state index in [1.165, 1.54) is 12.4 Å². The van der Waals surface area contributed by atoms with Gasteiger partial charge in [0.15, 0.2) is 0 Å². The summed E-state index contributed by atoms with van der Waals surface area (Å²) in [7, 11) is 0. The zero-order valence-electron chi connectivity index (χ0n) is 20.0. The molecule has 188 valence electrons. The Kier molecular flexibility index (Phi) is 7.06. The number of amides is 1. The molecule has 9 nitrogen and oxygen atoms in total. The first-order chi connectivity index (χ1) is 16.6. The van der Waals surface area contributed by atoms with Gasteiger partial charge in [0.1, 0.15) is 34.7 Å². The van der Waals surface area contributed by atoms with Gasteiger partial charge in [-0.3, -0.25) is 4.79 Å². The molecule has 4 heterocycles. The van der Waals surface area contributed by atoms with Crippen LogP contribution >= 0.6 is 11.3 Å². The Labute approximate surface area is 205 Å². The van der Waals surface area contributed by atoms with E-state index >= 15 is 0 Å². The highest BCUT2D eigenvalue weighted by atomic mass is 32.1. The maximum Gasteiger partial charge on any atom is 0.443 e. The predicted molar refractivity (Wildman–Crippen MR) is 125 cm³/mol. The van der Waals surface area contributed by atoms with Gasteiger partial charge in [0.2, 0.25) is 10.9 Å². The lowest BCUT2D eigenvalue weighted by Gasteiger charge is -2.40. The van der Waals surface area contributed by atoms with Gasteiger partial charge in [-0.15, -0.1) is 0 Å². The molecule has 1 amide bonds. The van der Waals surface area contributed by atoms with Crippen LogP contribution in [0.3, 0.4) is 0 Å². The quantitative estimate of drug-likeness (QED) is 0.503. The average molecular weight is 509 g/mol. The van der Waals surface area contributed by atoms with Crippen LogP contribution in [0.2, 0.25) is 0 Å². The number of aromatic nitrogens is 6. The molecule has 0 aromatic carbocycles. The normalized spacial score (nSPS) is 16.7. The Balaban J connectivity index is 1.55. The summed E-state index contributed by atoms with van der Waals surface area (Å²) in [5.74, 6) is 1.79. The third-order valence-electron chi connectivity index (χ3n) is 5.79. The molecular formula is C22H27F3N8OS. The van der Waals surface area contributed by atoms with Crippen molar-refractivity contribution in [2.75, 3.05) is 24.5 Å². The number of carbonyl (C=O) groups excluding carboxylic acids is 1. The molecule has 1 saturated heterocycles. The molecule has 1 atom stereocenters. The smallest absolute Gasteiger partial charge is 0.358 e. The van der Waals surface area contributed by atoms with Gasteiger partial charge in [-0.05, 0) is 27.2 Å². The molecule has 0 bridgehead atoms. The minimum absolute atomic E-state index is 0.0719. The Morgan fingerprint density at radius 3 is 2.46 bits per heavy atom. The number of piperazine rings is 1. The summed E-state index contributed by atoms with van der Waals surface area (Å²) in [5.41, 5.74) is 0.654. The molecule has 13 heteroatoms. The standard InChI is InChI=1S/C22H27F3N8OS/c1-5-6-17-26-9-16(10-27-17)19-20(35-21(29-19)22(23,24)25)31-7-8-32(13(2)11-31)18(34)12-33-15(4)28-14(3)30-33/h9-10,13H,5-8,11-12H2,1-4H3/t13-/m1/s1. The predicted octanol–water partition coefficient (Wildman–Crippen LogP) is 3.52. The van der Waals surface area contributed by atoms with Crippen molar-refractivity contribution in [2.45, 2.75) is 59.3 Å². The van der Waals surface area contributed by atoms with Crippen molar-refractivity contribution >= 4 is 22.2 Å². The van der Waals surface area contributed by atoms with Crippen molar-refractivity contribution < 1.29 is 18.0 Å². The van der Waals surface area contributed by atoms with Crippen molar-refractivity contribution in [2.24, 2.45) is 0 Å². The first-order valence-electron chi connectivity index (χ1n) is 11.4. The molecule has 0 unspecified atom stereocenters. The fourth-order valence-corrected chi connectivity index (χ4v) is 5.10. The van der Waals surface area contributed by atoms with Crippen molar-refractivity contribution in [1.29, 1.82) is 0 Å². The molecule has 0 N–H and O–H groups in total. The fourth-order valence-electron chi connectivity index (χ4n) is 4.11. The summed E-state index contributed by atoms with van der Waals surface area (Å²) in [6, 6.07) is -0.214. The molecule has 0 aliphatic carbocycles. The van der Waals surface area contributed by atoms with Crippen LogP contribution in [0.25, 0.3) is 11.3 Å². The highest BCUT2D eigenvalue weighted by Crippen LogP contribution is 2.42. The van der Waals surface area contributed by atoms with E-state index in [-0.39, 0.29) is 24.2 Å². The number of hydrogen-bond acceptors (Lipinski definition) is 8. The highest BCUT2D eigenvalue weighted by Gasteiger charge is 2.38. The zero-order chi connectivity index (χ0) is 25.3. The lowest BCUT2D eigenvalue weighted by Crippen LogP contribution is -2.54. The van der Waals surface area contributed by atoms with Gasteiger partial charge in [-0.2, -0.15) is 18.3 Å². The van der Waals surface area contributed by atoms with Crippen molar-refractivity contribution in [1.82, 2.24) is 34.6 Å². The lowest BCUT2D eigenvalue weighted by molar-refractivity contribution is -0.137. The summed E-state index contributed by atoms with van der Waals surface area (Å²) in [4.78, 5) is 33.3. The van der Waals surface area contributed by atoms with E-state index in [0.29, 0.717) is 65.4 Å². The molecule has 0 radical (unpaired) electrons. The van der Waals surface area contributed by atoms with Gasteiger partial charge < -0.3 is 9.80 Å². The molecule has 4 rings (SSSR count). The van der Waals surface area contributed by atoms with E-state index in [2.05, 4.69) is 25.0 Å². The molecule has 35 heavy (non-hydrogen) atoms. The Bertz CT molecular complexity index is 1190. The largest absolute Gasteiger partial charge is 0.443 e. The van der Waals surface area contributed by atoms with Gasteiger partial charge in [0.05, 0.1) is 0 Å². The molecule has 0 spiro atoms. The summed E-state index contributed by atoms with van der Waals surface area (Å²) < 4.78 is 42.2. The van der Waals surface area contributed by atoms with Crippen LogP contribution in [0.4, 0.5) is 18.2 Å². The van der Waals surface area contributed by atoms with E-state index in [4.69, 9.17) is 0 Å². The number of rotatable bonds is 6. The number of nitrogens with zero attached hydrogens (tertiary/aromatic N) is 8. The van der Waals surface area contributed by atoms with Gasteiger partial charge in [0, 0.05) is 50.1 Å². The van der Waals surface area contributed by atoms with Crippen LogP contribution in [-0.4, -0.2) is 66.2 Å². The summed E-state index contributed by atoms with van der Waals surface area (Å²) >= 11 is 0.610. The number of halogens is 3. The Hall–Kier alpha value is -3.09. The summed E-state index contributed by atoms with van der Waals surface area (Å²) in [5, 5.41) is 3.74. The van der Waals surface area contributed by atoms with Gasteiger partial charge in [0.25, 0.3) is 0 Å². The minimum atomic E-state index is -4.56. The van der Waals surface area contributed by atoms with Crippen molar-refractivity contribution in [3.63, 3.8) is 0 Å². The number of hydrogen-bond donors (Lipinski definition) is 0. The topological polar surface area (TPSA) is 92.9 Å². The summed E-state index contributed by atoms with van der Waals surface area (Å²) in [6.45, 7) is 8.65. The monoisotopic (exact) mass is 508 g/mol. The van der Waals surface area contributed by atoms with Crippen LogP contribution in [0.5, 0.6) is 0 Å². The second-order valence-electron chi connectivity index (χ2n) is 8.55. The Morgan fingerprint density at radius 1 is 1.17 bits per heavy atom. The van der Waals surface area contributed by atoms with Gasteiger partial charge in [-0.25, -0.2) is 24.6 Å². The van der Waals surface area contributed by atoms with E-state index in [9.17, 15) is 18.0 Å². The van der Waals surface area contributed by atoms with Gasteiger partial charge >= 0.3 is 6.18 Å². The number of thiazole rings is 1. The third-order valence-corrected chi connectivity index (χ3v) is 6.95. The molecule has 0 saturated carbocycles. The second-order valence-corrected chi connectivity index (χ2v) is 9.53. The maximum absolute atomic E-state index is 13.5. The first-order valence-corrected chi connectivity index (χ1v) is 12.2. The Morgan fingerprint density at radius 2 is 1.89 bits per heavy atom. The summed E-state index contributed by atoms with van der Waals surface area (Å²) in [6.07, 6.45) is 0.0677. The number of alkyl halides is 3. The third kappa shape index (κ3) is 5.44. The van der Waals surface area contributed by atoms with Crippen molar-refractivity contribution in [3.8, 4) is 11.3 Å². The van der Waals surface area contributed by atoms with Crippen LogP contribution < -0.4 is 4.90 Å². The lowest BCUT2D eigenvalue weighted by atomic mass is 10.1. The zero-order valence-corrected chi connectivity index (χ0v) is 20.8. The fraction of sp³-hybridized carbons (Fsp3) is 0.545. The van der Waals surface area contributed by atoms with E-state index < -0.39 is 11.2 Å². The number of anilines is 1. The SMILES string of the molecule is CCCc1ncc(-c2nc(C(F)(F)F)sc2N2CCN(C(=O)Cn3nc(C)nc3C)[C@H](C)C2)cn1. The van der Waals surface area contributed by atoms with Crippen LogP contribution in [0.15, 0.2) is 12.4 Å². The van der Waals surface area contributed by atoms with E-state index in [1.54, 1.807) is 23.4 Å². The van der Waals surface area contributed by atoms with Crippen LogP contribution in [-0.2, 0) is 23.9 Å². The molecule has 1 aliphatic rings. The number of aryl methyl sites for hydroxylation is 3. The highest BCUT2D eigenvalue weighted by molar-refractivity contribution is 7.16. The molecule has 3 aromatic rings.